The first kappa shape index (κ1) is 12.5. The van der Waals surface area contributed by atoms with Crippen molar-refractivity contribution in [3.05, 3.63) is 0 Å². The number of rotatable bonds is 7. The zero-order valence-electron chi connectivity index (χ0n) is 10.0. The van der Waals surface area contributed by atoms with Crippen LogP contribution >= 0.6 is 0 Å². The van der Waals surface area contributed by atoms with Crippen LogP contribution in [-0.2, 0) is 4.74 Å². The van der Waals surface area contributed by atoms with Crippen molar-refractivity contribution in [2.75, 3.05) is 13.2 Å². The molecule has 15 heavy (non-hydrogen) atoms. The number of hydrogen-bond donors (Lipinski definition) is 1. The zero-order valence-corrected chi connectivity index (χ0v) is 10.0. The zero-order chi connectivity index (χ0) is 11.3. The fraction of sp³-hybridized carbons (Fsp3) is 0.917. The Kier molecular flexibility index (Phi) is 4.56. The second-order valence-electron chi connectivity index (χ2n) is 4.64. The van der Waals surface area contributed by atoms with E-state index in [0.29, 0.717) is 12.5 Å². The molecule has 86 valence electrons. The Morgan fingerprint density at radius 3 is 2.60 bits per heavy atom. The molecule has 1 atom stereocenters. The van der Waals surface area contributed by atoms with Crippen molar-refractivity contribution < 1.29 is 4.74 Å². The maximum atomic E-state index is 9.33. The van der Waals surface area contributed by atoms with Gasteiger partial charge in [-0.2, -0.15) is 5.26 Å². The van der Waals surface area contributed by atoms with E-state index in [9.17, 15) is 5.26 Å². The highest BCUT2D eigenvalue weighted by Crippen LogP contribution is 2.39. The number of hydrogen-bond acceptors (Lipinski definition) is 3. The lowest BCUT2D eigenvalue weighted by molar-refractivity contribution is 0.0378. The Hall–Kier alpha value is -0.590. The fourth-order valence-electron chi connectivity index (χ4n) is 1.70. The molecular weight excluding hydrogens is 188 g/mol. The Morgan fingerprint density at radius 2 is 2.20 bits per heavy atom. The summed E-state index contributed by atoms with van der Waals surface area (Å²) in [5, 5.41) is 12.7. The van der Waals surface area contributed by atoms with Crippen molar-refractivity contribution in [1.29, 1.82) is 5.26 Å². The van der Waals surface area contributed by atoms with Gasteiger partial charge < -0.3 is 4.74 Å². The minimum atomic E-state index is -0.430. The second kappa shape index (κ2) is 5.48. The summed E-state index contributed by atoms with van der Waals surface area (Å²) in [6.45, 7) is 7.55. The van der Waals surface area contributed by atoms with E-state index in [1.165, 1.54) is 0 Å². The molecule has 1 N–H and O–H groups in total. The fourth-order valence-corrected chi connectivity index (χ4v) is 1.70. The van der Waals surface area contributed by atoms with E-state index in [4.69, 9.17) is 4.74 Å². The molecule has 0 saturated heterocycles. The molecule has 0 heterocycles. The van der Waals surface area contributed by atoms with Crippen LogP contribution in [0.5, 0.6) is 0 Å². The first-order chi connectivity index (χ1) is 7.14. The lowest BCUT2D eigenvalue weighted by Gasteiger charge is -2.28. The van der Waals surface area contributed by atoms with E-state index < -0.39 is 5.54 Å². The minimum absolute atomic E-state index is 0.194. The highest BCUT2D eigenvalue weighted by atomic mass is 16.5. The highest BCUT2D eigenvalue weighted by Gasteiger charge is 2.45. The van der Waals surface area contributed by atoms with Gasteiger partial charge in [-0.1, -0.05) is 6.92 Å². The molecule has 1 aliphatic rings. The topological polar surface area (TPSA) is 45.0 Å². The van der Waals surface area contributed by atoms with Gasteiger partial charge in [0.15, 0.2) is 0 Å². The summed E-state index contributed by atoms with van der Waals surface area (Å²) in [4.78, 5) is 0. The summed E-state index contributed by atoms with van der Waals surface area (Å²) in [7, 11) is 0. The van der Waals surface area contributed by atoms with Crippen LogP contribution < -0.4 is 5.32 Å². The van der Waals surface area contributed by atoms with Crippen LogP contribution in [0.25, 0.3) is 0 Å². The summed E-state index contributed by atoms with van der Waals surface area (Å²) in [5.41, 5.74) is -0.430. The van der Waals surface area contributed by atoms with Gasteiger partial charge in [0.05, 0.1) is 18.8 Å². The van der Waals surface area contributed by atoms with Gasteiger partial charge in [0, 0.05) is 0 Å². The first-order valence-corrected chi connectivity index (χ1v) is 5.92. The van der Waals surface area contributed by atoms with Crippen molar-refractivity contribution in [3.8, 4) is 6.07 Å². The number of nitrogens with zero attached hydrogens (tertiary/aromatic N) is 1. The van der Waals surface area contributed by atoms with E-state index in [1.54, 1.807) is 0 Å². The first-order valence-electron chi connectivity index (χ1n) is 5.92. The summed E-state index contributed by atoms with van der Waals surface area (Å²) in [5.74, 6) is 0.493. The van der Waals surface area contributed by atoms with Crippen LogP contribution in [0.15, 0.2) is 0 Å². The third kappa shape index (κ3) is 3.48. The van der Waals surface area contributed by atoms with Gasteiger partial charge in [0.2, 0.25) is 0 Å². The molecule has 1 unspecified atom stereocenters. The molecule has 0 aliphatic heterocycles. The molecule has 0 bridgehead atoms. The van der Waals surface area contributed by atoms with Gasteiger partial charge in [-0.25, -0.2) is 0 Å². The Bertz CT molecular complexity index is 230. The molecule has 1 rings (SSSR count). The normalized spacial score (nSPS) is 19.9. The SMILES string of the molecule is CCCNC(C#N)(COC(C)C)C1CC1. The number of nitriles is 1. The molecule has 3 nitrogen and oxygen atoms in total. The molecule has 0 amide bonds. The van der Waals surface area contributed by atoms with Crippen molar-refractivity contribution in [2.45, 2.75) is 51.7 Å². The third-order valence-corrected chi connectivity index (χ3v) is 2.81. The van der Waals surface area contributed by atoms with Crippen LogP contribution in [0, 0.1) is 17.2 Å². The van der Waals surface area contributed by atoms with E-state index in [-0.39, 0.29) is 6.10 Å². The van der Waals surface area contributed by atoms with Crippen LogP contribution in [0.4, 0.5) is 0 Å². The van der Waals surface area contributed by atoms with Crippen molar-refractivity contribution >= 4 is 0 Å². The van der Waals surface area contributed by atoms with Crippen LogP contribution in [-0.4, -0.2) is 24.8 Å². The molecule has 0 aromatic rings. The molecule has 1 aliphatic carbocycles. The summed E-state index contributed by atoms with van der Waals surface area (Å²) in [6, 6.07) is 2.43. The lowest BCUT2D eigenvalue weighted by atomic mass is 9.96. The summed E-state index contributed by atoms with van der Waals surface area (Å²) < 4.78 is 5.61. The average molecular weight is 210 g/mol. The molecule has 0 aromatic heterocycles. The Labute approximate surface area is 92.8 Å². The van der Waals surface area contributed by atoms with Gasteiger partial charge in [-0.15, -0.1) is 0 Å². The van der Waals surface area contributed by atoms with Gasteiger partial charge in [-0.05, 0) is 45.6 Å². The van der Waals surface area contributed by atoms with Gasteiger partial charge >= 0.3 is 0 Å². The third-order valence-electron chi connectivity index (χ3n) is 2.81. The van der Waals surface area contributed by atoms with Crippen molar-refractivity contribution in [1.82, 2.24) is 5.32 Å². The standard InChI is InChI=1S/C12H22N2O/c1-4-7-14-12(8-13,11-5-6-11)9-15-10(2)3/h10-11,14H,4-7,9H2,1-3H3. The van der Waals surface area contributed by atoms with E-state index in [2.05, 4.69) is 18.3 Å². The van der Waals surface area contributed by atoms with Crippen LogP contribution in [0.2, 0.25) is 0 Å². The van der Waals surface area contributed by atoms with Gasteiger partial charge in [-0.3, -0.25) is 5.32 Å². The maximum absolute atomic E-state index is 9.33. The number of ether oxygens (including phenoxy) is 1. The van der Waals surface area contributed by atoms with Gasteiger partial charge in [0.1, 0.15) is 5.54 Å². The minimum Gasteiger partial charge on any atom is -0.376 e. The van der Waals surface area contributed by atoms with Crippen LogP contribution in [0.3, 0.4) is 0 Å². The molecule has 0 aromatic carbocycles. The molecule has 1 saturated carbocycles. The Morgan fingerprint density at radius 1 is 1.53 bits per heavy atom. The quantitative estimate of drug-likeness (QED) is 0.699. The summed E-state index contributed by atoms with van der Waals surface area (Å²) >= 11 is 0. The van der Waals surface area contributed by atoms with Crippen molar-refractivity contribution in [2.24, 2.45) is 5.92 Å². The molecular formula is C12H22N2O. The smallest absolute Gasteiger partial charge is 0.133 e. The van der Waals surface area contributed by atoms with E-state index in [1.807, 2.05) is 13.8 Å². The Balaban J connectivity index is 2.53. The number of nitrogens with one attached hydrogen (secondary N) is 1. The average Bonchev–Trinajstić information content (AvgIpc) is 3.03. The van der Waals surface area contributed by atoms with Crippen molar-refractivity contribution in [3.63, 3.8) is 0 Å². The predicted molar refractivity (Wildman–Crippen MR) is 60.4 cm³/mol. The molecule has 0 spiro atoms. The second-order valence-corrected chi connectivity index (χ2v) is 4.64. The van der Waals surface area contributed by atoms with Crippen LogP contribution in [0.1, 0.15) is 40.0 Å². The summed E-state index contributed by atoms with van der Waals surface area (Å²) in [6.07, 6.45) is 3.56. The molecule has 0 radical (unpaired) electrons. The molecule has 1 fully saturated rings. The largest absolute Gasteiger partial charge is 0.376 e. The molecule has 3 heteroatoms. The van der Waals surface area contributed by atoms with E-state index >= 15 is 0 Å². The predicted octanol–water partition coefficient (Wildman–Crippen LogP) is 2.08. The highest BCUT2D eigenvalue weighted by molar-refractivity contribution is 5.15. The monoisotopic (exact) mass is 210 g/mol. The van der Waals surface area contributed by atoms with E-state index in [0.717, 1.165) is 25.8 Å². The lowest BCUT2D eigenvalue weighted by Crippen LogP contribution is -2.50. The maximum Gasteiger partial charge on any atom is 0.133 e. The van der Waals surface area contributed by atoms with Gasteiger partial charge in [0.25, 0.3) is 0 Å².